The molecule has 0 saturated carbocycles. The number of aromatic nitrogens is 5. The molecule has 2 fully saturated rings. The molecule has 0 N–H and O–H groups in total. The van der Waals surface area contributed by atoms with E-state index in [1.165, 1.54) is 18.0 Å². The van der Waals surface area contributed by atoms with Gasteiger partial charge in [0.2, 0.25) is 11.9 Å². The molecule has 3 aliphatic rings. The third-order valence-corrected chi connectivity index (χ3v) is 6.36. The van der Waals surface area contributed by atoms with Crippen molar-refractivity contribution in [3.05, 3.63) is 52.8 Å². The topological polar surface area (TPSA) is 66.2 Å². The molecular formula is C20H20ClFN8. The van der Waals surface area contributed by atoms with Crippen LogP contribution in [0.2, 0.25) is 5.02 Å². The van der Waals surface area contributed by atoms with Gasteiger partial charge in [-0.2, -0.15) is 0 Å². The largest absolute Gasteiger partial charge is 0.339 e. The van der Waals surface area contributed by atoms with Crippen LogP contribution in [0.25, 0.3) is 5.69 Å². The molecule has 3 aliphatic heterocycles. The highest BCUT2D eigenvalue weighted by molar-refractivity contribution is 6.30. The molecule has 0 aliphatic carbocycles. The Morgan fingerprint density at radius 3 is 2.50 bits per heavy atom. The van der Waals surface area contributed by atoms with E-state index < -0.39 is 5.82 Å². The lowest BCUT2D eigenvalue weighted by Crippen LogP contribution is -2.73. The summed E-state index contributed by atoms with van der Waals surface area (Å²) in [7, 11) is 2.08. The fourth-order valence-corrected chi connectivity index (χ4v) is 5.02. The van der Waals surface area contributed by atoms with Crippen LogP contribution in [0, 0.1) is 11.2 Å². The molecule has 6 rings (SSSR count). The molecule has 0 amide bonds. The molecule has 0 bridgehead atoms. The Balaban J connectivity index is 1.23. The number of benzene rings is 1. The first kappa shape index (κ1) is 18.0. The van der Waals surface area contributed by atoms with Gasteiger partial charge in [0.15, 0.2) is 11.6 Å². The average molecular weight is 427 g/mol. The predicted molar refractivity (Wildman–Crippen MR) is 110 cm³/mol. The number of hydrogen-bond donors (Lipinski definition) is 0. The zero-order chi connectivity index (χ0) is 20.5. The van der Waals surface area contributed by atoms with Gasteiger partial charge in [0.05, 0.1) is 24.6 Å². The number of fused-ring (bicyclic) bond motifs is 3. The van der Waals surface area contributed by atoms with E-state index in [2.05, 4.69) is 52.5 Å². The SMILES string of the molecule is CN1Cc2cc(Cl)ccc2-n2c(nnc2N2CC3(CN(c4ncc(F)cn4)C3)C2)C1. The summed E-state index contributed by atoms with van der Waals surface area (Å²) < 4.78 is 15.2. The highest BCUT2D eigenvalue weighted by atomic mass is 35.5. The van der Waals surface area contributed by atoms with Crippen LogP contribution < -0.4 is 9.80 Å². The maximum atomic E-state index is 13.1. The van der Waals surface area contributed by atoms with Crippen LogP contribution >= 0.6 is 11.6 Å². The Labute approximate surface area is 177 Å². The number of hydrogen-bond acceptors (Lipinski definition) is 7. The summed E-state index contributed by atoms with van der Waals surface area (Å²) >= 11 is 6.25. The average Bonchev–Trinajstić information content (AvgIpc) is 2.97. The third-order valence-electron chi connectivity index (χ3n) is 6.12. The summed E-state index contributed by atoms with van der Waals surface area (Å²) in [6.45, 7) is 5.09. The minimum Gasteiger partial charge on any atom is -0.339 e. The molecule has 8 nitrogen and oxygen atoms in total. The fourth-order valence-electron chi connectivity index (χ4n) is 4.83. The van der Waals surface area contributed by atoms with Crippen LogP contribution in [0.1, 0.15) is 11.4 Å². The van der Waals surface area contributed by atoms with Crippen molar-refractivity contribution in [3.8, 4) is 5.69 Å². The van der Waals surface area contributed by atoms with Crippen molar-refractivity contribution in [1.29, 1.82) is 0 Å². The molecule has 1 aromatic carbocycles. The molecule has 5 heterocycles. The second-order valence-electron chi connectivity index (χ2n) is 8.61. The Morgan fingerprint density at radius 1 is 1.00 bits per heavy atom. The molecule has 2 aromatic heterocycles. The number of nitrogens with zero attached hydrogens (tertiary/aromatic N) is 8. The quantitative estimate of drug-likeness (QED) is 0.621. The van der Waals surface area contributed by atoms with Crippen molar-refractivity contribution in [2.45, 2.75) is 13.1 Å². The lowest BCUT2D eigenvalue weighted by atomic mass is 9.73. The van der Waals surface area contributed by atoms with Crippen LogP contribution in [0.3, 0.4) is 0 Å². The molecule has 2 saturated heterocycles. The molecule has 30 heavy (non-hydrogen) atoms. The van der Waals surface area contributed by atoms with Crippen LogP contribution in [0.4, 0.5) is 16.3 Å². The molecule has 0 radical (unpaired) electrons. The van der Waals surface area contributed by atoms with Crippen molar-refractivity contribution in [3.63, 3.8) is 0 Å². The normalized spacial score (nSPS) is 19.7. The van der Waals surface area contributed by atoms with E-state index in [9.17, 15) is 4.39 Å². The van der Waals surface area contributed by atoms with Crippen LogP contribution in [-0.2, 0) is 13.1 Å². The van der Waals surface area contributed by atoms with Gasteiger partial charge in [0.25, 0.3) is 0 Å². The Bertz CT molecular complexity index is 1120. The van der Waals surface area contributed by atoms with Gasteiger partial charge in [-0.1, -0.05) is 11.6 Å². The Kier molecular flexibility index (Phi) is 3.82. The molecule has 0 unspecified atom stereocenters. The third kappa shape index (κ3) is 2.76. The standard InChI is InChI=1S/C20H20ClFN8/c1-27-7-13-4-14(21)2-3-16(13)30-17(8-27)25-26-19(30)29-11-20(12-29)9-28(10-20)18-23-5-15(22)6-24-18/h2-6H,7-12H2,1H3. The molecule has 154 valence electrons. The zero-order valence-electron chi connectivity index (χ0n) is 16.5. The summed E-state index contributed by atoms with van der Waals surface area (Å²) in [5, 5.41) is 9.75. The summed E-state index contributed by atoms with van der Waals surface area (Å²) in [6.07, 6.45) is 2.43. The lowest BCUT2D eigenvalue weighted by molar-refractivity contribution is 0.152. The summed E-state index contributed by atoms with van der Waals surface area (Å²) in [6, 6.07) is 6.00. The maximum Gasteiger partial charge on any atom is 0.231 e. The van der Waals surface area contributed by atoms with Crippen molar-refractivity contribution < 1.29 is 4.39 Å². The Morgan fingerprint density at radius 2 is 1.73 bits per heavy atom. The van der Waals surface area contributed by atoms with Gasteiger partial charge in [-0.25, -0.2) is 14.4 Å². The van der Waals surface area contributed by atoms with E-state index >= 15 is 0 Å². The van der Waals surface area contributed by atoms with Gasteiger partial charge in [0.1, 0.15) is 0 Å². The highest BCUT2D eigenvalue weighted by Crippen LogP contribution is 2.43. The van der Waals surface area contributed by atoms with E-state index in [0.29, 0.717) is 5.95 Å². The van der Waals surface area contributed by atoms with Crippen molar-refractivity contribution in [2.24, 2.45) is 5.41 Å². The first-order chi connectivity index (χ1) is 14.5. The molecule has 0 atom stereocenters. The van der Waals surface area contributed by atoms with E-state index in [4.69, 9.17) is 11.6 Å². The first-order valence-electron chi connectivity index (χ1n) is 9.89. The number of anilines is 2. The summed E-state index contributed by atoms with van der Waals surface area (Å²) in [5.41, 5.74) is 2.46. The zero-order valence-corrected chi connectivity index (χ0v) is 17.2. The van der Waals surface area contributed by atoms with Crippen molar-refractivity contribution in [1.82, 2.24) is 29.6 Å². The van der Waals surface area contributed by atoms with Gasteiger partial charge in [-0.3, -0.25) is 9.47 Å². The second kappa shape index (κ2) is 6.36. The van der Waals surface area contributed by atoms with E-state index in [1.807, 2.05) is 12.1 Å². The first-order valence-corrected chi connectivity index (χ1v) is 10.3. The van der Waals surface area contributed by atoms with Gasteiger partial charge in [-0.15, -0.1) is 10.2 Å². The predicted octanol–water partition coefficient (Wildman–Crippen LogP) is 2.12. The minimum atomic E-state index is -0.413. The highest BCUT2D eigenvalue weighted by Gasteiger charge is 2.53. The van der Waals surface area contributed by atoms with Crippen molar-refractivity contribution in [2.75, 3.05) is 43.0 Å². The fraction of sp³-hybridized carbons (Fsp3) is 0.400. The van der Waals surface area contributed by atoms with Gasteiger partial charge >= 0.3 is 0 Å². The molecule has 1 spiro atoms. The summed E-state index contributed by atoms with van der Waals surface area (Å²) in [5.74, 6) is 1.99. The van der Waals surface area contributed by atoms with E-state index in [0.717, 1.165) is 61.8 Å². The van der Waals surface area contributed by atoms with Gasteiger partial charge < -0.3 is 9.80 Å². The van der Waals surface area contributed by atoms with Crippen LogP contribution in [0.5, 0.6) is 0 Å². The minimum absolute atomic E-state index is 0.203. The van der Waals surface area contributed by atoms with E-state index in [-0.39, 0.29) is 5.41 Å². The van der Waals surface area contributed by atoms with Gasteiger partial charge in [0, 0.05) is 43.2 Å². The maximum absolute atomic E-state index is 13.1. The van der Waals surface area contributed by atoms with Gasteiger partial charge in [-0.05, 0) is 30.8 Å². The molecule has 10 heteroatoms. The van der Waals surface area contributed by atoms with Crippen molar-refractivity contribution >= 4 is 23.5 Å². The Hall–Kier alpha value is -2.78. The second-order valence-corrected chi connectivity index (χ2v) is 9.05. The number of rotatable bonds is 2. The summed E-state index contributed by atoms with van der Waals surface area (Å²) in [4.78, 5) is 14.8. The van der Waals surface area contributed by atoms with Crippen LogP contribution in [-0.4, -0.2) is 62.9 Å². The molecule has 3 aromatic rings. The monoisotopic (exact) mass is 426 g/mol. The smallest absolute Gasteiger partial charge is 0.231 e. The lowest BCUT2D eigenvalue weighted by Gasteiger charge is -2.60. The number of halogens is 2. The molecular weight excluding hydrogens is 407 g/mol. The van der Waals surface area contributed by atoms with E-state index in [1.54, 1.807) is 0 Å². The van der Waals surface area contributed by atoms with Crippen LogP contribution in [0.15, 0.2) is 30.6 Å².